The Hall–Kier alpha value is 0.956. The van der Waals surface area contributed by atoms with E-state index in [2.05, 4.69) is 264 Å². The lowest BCUT2D eigenvalue weighted by Crippen LogP contribution is -2.70. The van der Waals surface area contributed by atoms with Crippen LogP contribution in [0.15, 0.2) is 11.6 Å². The highest BCUT2D eigenvalue weighted by Crippen LogP contribution is 2.73. The van der Waals surface area contributed by atoms with Crippen LogP contribution < -0.4 is 0 Å². The maximum Gasteiger partial charge on any atom is 0.315 e. The standard InChI is InChI=1S/C80H164O18Si11/c1-76(2)48-49-80(75(81)90-74-71(98-109(37,38)39)68(95-106(28,29)30)65(93-104(22,23)24)59(87-74)53-84-101(13,14)15)47-42-55-54(56(80)50-76)40-41-61-78(55,5)45-43-60-77(3,4)62(44-46-79(60,61)6)88-72-69(96-107(31,32)33)66(63(91-102(16,17)18)57(85-72)51-82-99(7,8)9)89-73-70(97-108(34,35)36)67(94-105(25,26)27)64(92-103(19,20)21)58(86-73)52-83-100(10,11)12/h40,55-74H,41-53H2,1-39H3/t55?,56-,57-,58-,59-,60?,61+,62?,63-,64-,65-,66+,67+,68+,69-,70-,71-,72+,73+,74+,78+,79+,80-/m1/s1. The predicted molar refractivity (Wildman–Crippen MR) is 470 cm³/mol. The first-order valence-corrected chi connectivity index (χ1v) is 79.9. The highest BCUT2D eigenvalue weighted by atomic mass is 28.4. The van der Waals surface area contributed by atoms with Crippen LogP contribution in [-0.2, 0) is 81.9 Å². The summed E-state index contributed by atoms with van der Waals surface area (Å²) < 4.78 is 125. The Morgan fingerprint density at radius 3 is 1.11 bits per heavy atom. The van der Waals surface area contributed by atoms with Crippen LogP contribution in [0.25, 0.3) is 0 Å². The van der Waals surface area contributed by atoms with Gasteiger partial charge in [0.1, 0.15) is 73.2 Å². The van der Waals surface area contributed by atoms with Gasteiger partial charge in [0.2, 0.25) is 6.29 Å². The van der Waals surface area contributed by atoms with Gasteiger partial charge in [-0.2, -0.15) is 0 Å². The molecule has 0 bridgehead atoms. The van der Waals surface area contributed by atoms with Crippen molar-refractivity contribution in [3.8, 4) is 0 Å². The highest BCUT2D eigenvalue weighted by Gasteiger charge is 2.68. The maximum absolute atomic E-state index is 16.3. The average Bonchev–Trinajstić information content (AvgIpc) is 0.688. The number of hydrogen-bond acceptors (Lipinski definition) is 18. The topological polar surface area (TPSA) is 174 Å². The highest BCUT2D eigenvalue weighted by molar-refractivity contribution is 6.73. The molecule has 3 heterocycles. The second kappa shape index (κ2) is 33.8. The summed E-state index contributed by atoms with van der Waals surface area (Å²) in [5.74, 6) is 0.991. The van der Waals surface area contributed by atoms with E-state index < -0.39 is 189 Å². The Morgan fingerprint density at radius 2 is 0.706 bits per heavy atom. The van der Waals surface area contributed by atoms with Gasteiger partial charge in [-0.1, -0.05) is 53.2 Å². The predicted octanol–water partition coefficient (Wildman–Crippen LogP) is 20.2. The summed E-state index contributed by atoms with van der Waals surface area (Å²) in [5.41, 5.74) is 0.549. The van der Waals surface area contributed by atoms with Crippen LogP contribution in [0, 0.1) is 50.7 Å². The third-order valence-corrected chi connectivity index (χ3v) is 34.7. The molecule has 0 aromatic rings. The van der Waals surface area contributed by atoms with Crippen LogP contribution in [0.1, 0.15) is 106 Å². The molecule has 4 saturated carbocycles. The van der Waals surface area contributed by atoms with Crippen LogP contribution in [0.4, 0.5) is 0 Å². The van der Waals surface area contributed by atoms with E-state index in [1.807, 2.05) is 0 Å². The Bertz CT molecular complexity index is 3050. The zero-order valence-corrected chi connectivity index (χ0v) is 87.7. The molecule has 0 aromatic carbocycles. The van der Waals surface area contributed by atoms with Crippen LogP contribution in [0.3, 0.4) is 0 Å². The summed E-state index contributed by atoms with van der Waals surface area (Å²) in [7, 11) is -24.8. The molecule has 109 heavy (non-hydrogen) atoms. The van der Waals surface area contributed by atoms with E-state index in [0.29, 0.717) is 37.6 Å². The summed E-state index contributed by atoms with van der Waals surface area (Å²) >= 11 is 0. The zero-order chi connectivity index (χ0) is 82.6. The molecule has 0 radical (unpaired) electrons. The van der Waals surface area contributed by atoms with Gasteiger partial charge in [-0.3, -0.25) is 4.79 Å². The van der Waals surface area contributed by atoms with E-state index in [-0.39, 0.29) is 39.7 Å². The van der Waals surface area contributed by atoms with Gasteiger partial charge in [0.05, 0.1) is 31.3 Å². The van der Waals surface area contributed by atoms with Crippen molar-refractivity contribution in [3.05, 3.63) is 11.6 Å². The minimum atomic E-state index is -2.48. The molecule has 0 amide bonds. The maximum atomic E-state index is 16.3. The van der Waals surface area contributed by atoms with Crippen molar-refractivity contribution >= 4 is 97.5 Å². The van der Waals surface area contributed by atoms with E-state index in [0.717, 1.165) is 64.2 Å². The van der Waals surface area contributed by atoms with Crippen molar-refractivity contribution in [2.24, 2.45) is 50.7 Å². The molecule has 5 aliphatic carbocycles. The molecule has 8 rings (SSSR count). The third kappa shape index (κ3) is 25.3. The minimum absolute atomic E-state index is 0.00894. The van der Waals surface area contributed by atoms with Crippen LogP contribution in [-0.4, -0.2) is 216 Å². The van der Waals surface area contributed by atoms with Crippen molar-refractivity contribution in [1.29, 1.82) is 0 Å². The van der Waals surface area contributed by atoms with Gasteiger partial charge in [0.15, 0.2) is 104 Å². The Morgan fingerprint density at radius 1 is 0.358 bits per heavy atom. The van der Waals surface area contributed by atoms with Crippen LogP contribution in [0.5, 0.6) is 0 Å². The Labute approximate surface area is 676 Å². The van der Waals surface area contributed by atoms with E-state index in [9.17, 15) is 0 Å². The summed E-state index contributed by atoms with van der Waals surface area (Å²) in [6.07, 6.45) is 2.08. The quantitative estimate of drug-likeness (QED) is 0.0277. The van der Waals surface area contributed by atoms with Gasteiger partial charge in [-0.05, 0) is 326 Å². The fourth-order valence-corrected chi connectivity index (χ4v) is 30.5. The lowest BCUT2D eigenvalue weighted by atomic mass is 9.37. The molecule has 3 unspecified atom stereocenters. The molecule has 7 fully saturated rings. The number of ether oxygens (including phenoxy) is 6. The average molecular weight is 1720 g/mol. The van der Waals surface area contributed by atoms with Crippen molar-refractivity contribution < 1.29 is 81.9 Å². The van der Waals surface area contributed by atoms with Crippen LogP contribution >= 0.6 is 0 Å². The fraction of sp³-hybridized carbons (Fsp3) is 0.963. The number of carbonyl (C=O) groups is 1. The number of esters is 1. The van der Waals surface area contributed by atoms with Gasteiger partial charge in [0.25, 0.3) is 0 Å². The third-order valence-electron chi connectivity index (χ3n) is 23.7. The molecule has 636 valence electrons. The monoisotopic (exact) mass is 1720 g/mol. The van der Waals surface area contributed by atoms with Gasteiger partial charge in [-0.25, -0.2) is 0 Å². The first kappa shape index (κ1) is 95.4. The van der Waals surface area contributed by atoms with Gasteiger partial charge in [0, 0.05) is 0 Å². The lowest BCUT2D eigenvalue weighted by Gasteiger charge is -2.68. The fourth-order valence-electron chi connectivity index (χ4n) is 19.9. The van der Waals surface area contributed by atoms with Crippen molar-refractivity contribution in [2.45, 2.75) is 420 Å². The van der Waals surface area contributed by atoms with Crippen molar-refractivity contribution in [2.75, 3.05) is 19.8 Å². The molecule has 3 aliphatic heterocycles. The molecular formula is C80H164O18Si11. The first-order chi connectivity index (χ1) is 48.9. The van der Waals surface area contributed by atoms with E-state index >= 15 is 4.79 Å². The first-order valence-electron chi connectivity index (χ1n) is 42.4. The van der Waals surface area contributed by atoms with Crippen LogP contribution in [0.2, 0.25) is 216 Å². The molecule has 0 N–H and O–H groups in total. The molecule has 0 spiro atoms. The minimum Gasteiger partial charge on any atom is -0.432 e. The second-order valence-corrected chi connectivity index (χ2v) is 96.4. The summed E-state index contributed by atoms with van der Waals surface area (Å²) in [6, 6.07) is 0. The molecule has 29 heteroatoms. The largest absolute Gasteiger partial charge is 0.432 e. The number of carbonyl (C=O) groups excluding carboxylic acids is 1. The summed E-state index contributed by atoms with van der Waals surface area (Å²) in [6.45, 7) is 89.7. The zero-order valence-electron chi connectivity index (χ0n) is 76.7. The van der Waals surface area contributed by atoms with Gasteiger partial charge >= 0.3 is 5.97 Å². The van der Waals surface area contributed by atoms with Gasteiger partial charge < -0.3 is 77.1 Å². The SMILES string of the molecule is CC1(C)CC[C@]2(C(=O)O[C@@H]3O[C@H](CO[Si](C)(C)C)[C@@H](O[Si](C)(C)C)[C@H](O[Si](C)(C)C)[C@H]3O[Si](C)(C)C)CCC3C(=CC[C@H]4[C@@]3(C)CCC3C(C)(C)C(O[C@@H]5O[C@H](CO[Si](C)(C)C)[C@@H](O[Si](C)(C)C)[C@H](O[C@@H]6O[C@H](CO[Si](C)(C)C)[C@@H](O[Si](C)(C)C)[C@H](O[Si](C)(C)C)[C@H]6O[Si](C)(C)C)[C@H]5O[Si](C)(C)C)CC[C@@]34C)[C@H]2C1. The van der Waals surface area contributed by atoms with Crippen molar-refractivity contribution in [3.63, 3.8) is 0 Å². The number of allylic oxidation sites excluding steroid dienone is 2. The normalized spacial score (nSPS) is 38.1. The van der Waals surface area contributed by atoms with Gasteiger partial charge in [-0.15, -0.1) is 0 Å². The van der Waals surface area contributed by atoms with E-state index in [1.165, 1.54) is 5.57 Å². The molecular weight excluding hydrogens is 1560 g/mol. The van der Waals surface area contributed by atoms with E-state index in [4.69, 9.17) is 77.1 Å². The number of fused-ring (bicyclic) bond motifs is 7. The molecule has 3 saturated heterocycles. The van der Waals surface area contributed by atoms with E-state index in [1.54, 1.807) is 0 Å². The summed E-state index contributed by atoms with van der Waals surface area (Å²) in [5, 5.41) is 0. The smallest absolute Gasteiger partial charge is 0.315 e. The lowest BCUT2D eigenvalue weighted by molar-refractivity contribution is -0.362. The molecule has 0 aromatic heterocycles. The number of rotatable bonds is 31. The summed E-state index contributed by atoms with van der Waals surface area (Å²) in [4.78, 5) is 16.3. The Balaban J connectivity index is 1.15. The molecule has 8 aliphatic rings. The molecule has 23 atom stereocenters. The molecule has 18 nitrogen and oxygen atoms in total. The van der Waals surface area contributed by atoms with Crippen molar-refractivity contribution in [1.82, 2.24) is 0 Å². The second-order valence-electron chi connectivity index (χ2n) is 47.2. The number of hydrogen-bond donors (Lipinski definition) is 0. The Kier molecular flexibility index (Phi) is 29.6.